The summed E-state index contributed by atoms with van der Waals surface area (Å²) < 4.78 is 2.06. The molecule has 1 aromatic heterocycles. The summed E-state index contributed by atoms with van der Waals surface area (Å²) >= 11 is 0. The maximum Gasteiger partial charge on any atom is 0.0640 e. The van der Waals surface area contributed by atoms with Gasteiger partial charge in [0.2, 0.25) is 0 Å². The normalized spacial score (nSPS) is 24.0. The molecule has 1 N–H and O–H groups in total. The van der Waals surface area contributed by atoms with Crippen LogP contribution in [0.1, 0.15) is 58.7 Å². The first-order chi connectivity index (χ1) is 8.94. The van der Waals surface area contributed by atoms with Gasteiger partial charge >= 0.3 is 0 Å². The molecule has 1 aliphatic rings. The zero-order valence-electron chi connectivity index (χ0n) is 13.1. The van der Waals surface area contributed by atoms with Gasteiger partial charge in [-0.15, -0.1) is 0 Å². The Balaban J connectivity index is 2.06. The smallest absolute Gasteiger partial charge is 0.0640 e. The van der Waals surface area contributed by atoms with Crippen molar-refractivity contribution in [2.75, 3.05) is 7.05 Å². The van der Waals surface area contributed by atoms with Crippen LogP contribution in [0, 0.1) is 11.3 Å². The Morgan fingerprint density at radius 3 is 2.68 bits per heavy atom. The van der Waals surface area contributed by atoms with Crippen molar-refractivity contribution in [2.24, 2.45) is 11.3 Å². The summed E-state index contributed by atoms with van der Waals surface area (Å²) in [7, 11) is 2.10. The average Bonchev–Trinajstić information content (AvgIpc) is 2.92. The molecule has 1 fully saturated rings. The second kappa shape index (κ2) is 5.66. The Morgan fingerprint density at radius 1 is 1.47 bits per heavy atom. The van der Waals surface area contributed by atoms with Gasteiger partial charge in [0, 0.05) is 24.7 Å². The second-order valence-electron chi connectivity index (χ2n) is 6.97. The first-order valence-electron chi connectivity index (χ1n) is 7.65. The van der Waals surface area contributed by atoms with Crippen LogP contribution < -0.4 is 5.32 Å². The van der Waals surface area contributed by atoms with Gasteiger partial charge in [0.05, 0.1) is 5.69 Å². The van der Waals surface area contributed by atoms with E-state index in [0.29, 0.717) is 17.5 Å². The van der Waals surface area contributed by atoms with Crippen molar-refractivity contribution in [1.29, 1.82) is 0 Å². The van der Waals surface area contributed by atoms with E-state index in [9.17, 15) is 0 Å². The van der Waals surface area contributed by atoms with Crippen molar-refractivity contribution in [1.82, 2.24) is 15.1 Å². The molecule has 3 heteroatoms. The highest BCUT2D eigenvalue weighted by Gasteiger charge is 2.39. The van der Waals surface area contributed by atoms with E-state index in [4.69, 9.17) is 5.10 Å². The number of hydrogen-bond donors (Lipinski definition) is 1. The molecule has 108 valence electrons. The molecule has 1 aromatic rings. The summed E-state index contributed by atoms with van der Waals surface area (Å²) in [5, 5.41) is 8.23. The molecular formula is C16H29N3. The van der Waals surface area contributed by atoms with Gasteiger partial charge in [-0.3, -0.25) is 4.68 Å². The molecule has 2 rings (SSSR count). The molecule has 1 aliphatic carbocycles. The summed E-state index contributed by atoms with van der Waals surface area (Å²) in [6.45, 7) is 9.18. The third-order valence-electron chi connectivity index (χ3n) is 4.82. The average molecular weight is 263 g/mol. The van der Waals surface area contributed by atoms with Gasteiger partial charge in [0.15, 0.2) is 0 Å². The van der Waals surface area contributed by atoms with Crippen molar-refractivity contribution < 1.29 is 0 Å². The summed E-state index contributed by atoms with van der Waals surface area (Å²) in [6.07, 6.45) is 7.23. The minimum Gasteiger partial charge on any atom is -0.316 e. The van der Waals surface area contributed by atoms with Crippen LogP contribution in [-0.2, 0) is 6.42 Å². The fraction of sp³-hybridized carbons (Fsp3) is 0.812. The summed E-state index contributed by atoms with van der Waals surface area (Å²) in [5.41, 5.74) is 1.68. The Morgan fingerprint density at radius 2 is 2.21 bits per heavy atom. The molecule has 19 heavy (non-hydrogen) atoms. The van der Waals surface area contributed by atoms with E-state index < -0.39 is 0 Å². The SMILES string of the molecule is CNC(Cc1ccn(C(C)C)n1)C1CCCC1(C)C. The number of nitrogens with zero attached hydrogens (tertiary/aromatic N) is 2. The van der Waals surface area contributed by atoms with Gasteiger partial charge in [-0.05, 0) is 51.1 Å². The van der Waals surface area contributed by atoms with E-state index in [1.165, 1.54) is 25.0 Å². The van der Waals surface area contributed by atoms with Gasteiger partial charge in [-0.1, -0.05) is 20.3 Å². The predicted molar refractivity (Wildman–Crippen MR) is 80.3 cm³/mol. The highest BCUT2D eigenvalue weighted by atomic mass is 15.3. The number of nitrogens with one attached hydrogen (secondary N) is 1. The van der Waals surface area contributed by atoms with E-state index in [0.717, 1.165) is 12.3 Å². The maximum atomic E-state index is 4.69. The second-order valence-corrected chi connectivity index (χ2v) is 6.97. The molecule has 3 nitrogen and oxygen atoms in total. The lowest BCUT2D eigenvalue weighted by Gasteiger charge is -2.33. The largest absolute Gasteiger partial charge is 0.316 e. The van der Waals surface area contributed by atoms with Gasteiger partial charge in [0.1, 0.15) is 0 Å². The topological polar surface area (TPSA) is 29.9 Å². The van der Waals surface area contributed by atoms with Crippen molar-refractivity contribution in [3.8, 4) is 0 Å². The molecule has 1 heterocycles. The third-order valence-corrected chi connectivity index (χ3v) is 4.82. The van der Waals surface area contributed by atoms with Crippen LogP contribution in [0.25, 0.3) is 0 Å². The Labute approximate surface area is 117 Å². The van der Waals surface area contributed by atoms with E-state index >= 15 is 0 Å². The van der Waals surface area contributed by atoms with Crippen molar-refractivity contribution in [2.45, 2.75) is 65.5 Å². The molecule has 1 saturated carbocycles. The number of rotatable bonds is 5. The zero-order valence-corrected chi connectivity index (χ0v) is 13.1. The van der Waals surface area contributed by atoms with Crippen molar-refractivity contribution >= 4 is 0 Å². The number of aromatic nitrogens is 2. The lowest BCUT2D eigenvalue weighted by molar-refractivity contribution is 0.200. The van der Waals surface area contributed by atoms with Gasteiger partial charge in [0.25, 0.3) is 0 Å². The fourth-order valence-electron chi connectivity index (χ4n) is 3.54. The molecule has 2 atom stereocenters. The molecule has 0 aromatic carbocycles. The van der Waals surface area contributed by atoms with Gasteiger partial charge in [-0.25, -0.2) is 0 Å². The minimum absolute atomic E-state index is 0.449. The molecule has 0 spiro atoms. The summed E-state index contributed by atoms with van der Waals surface area (Å²) in [6, 6.07) is 3.17. The van der Waals surface area contributed by atoms with Crippen molar-refractivity contribution in [3.05, 3.63) is 18.0 Å². The molecule has 0 aliphatic heterocycles. The minimum atomic E-state index is 0.449. The number of hydrogen-bond acceptors (Lipinski definition) is 2. The van der Waals surface area contributed by atoms with Crippen molar-refractivity contribution in [3.63, 3.8) is 0 Å². The lowest BCUT2D eigenvalue weighted by atomic mass is 9.76. The third kappa shape index (κ3) is 3.19. The predicted octanol–water partition coefficient (Wildman–Crippen LogP) is 3.42. The highest BCUT2D eigenvalue weighted by Crippen LogP contribution is 2.44. The van der Waals surface area contributed by atoms with Crippen LogP contribution in [0.4, 0.5) is 0 Å². The molecule has 0 amide bonds. The molecule has 2 unspecified atom stereocenters. The first kappa shape index (κ1) is 14.6. The first-order valence-corrected chi connectivity index (χ1v) is 7.65. The van der Waals surface area contributed by atoms with Crippen LogP contribution in [0.2, 0.25) is 0 Å². The van der Waals surface area contributed by atoms with E-state index in [1.807, 2.05) is 0 Å². The summed E-state index contributed by atoms with van der Waals surface area (Å²) in [4.78, 5) is 0. The van der Waals surface area contributed by atoms with Crippen LogP contribution in [0.5, 0.6) is 0 Å². The van der Waals surface area contributed by atoms with Crippen LogP contribution in [0.15, 0.2) is 12.3 Å². The van der Waals surface area contributed by atoms with Crippen LogP contribution in [-0.4, -0.2) is 22.9 Å². The molecule has 0 radical (unpaired) electrons. The van der Waals surface area contributed by atoms with Gasteiger partial charge < -0.3 is 5.32 Å². The van der Waals surface area contributed by atoms with E-state index in [1.54, 1.807) is 0 Å². The highest BCUT2D eigenvalue weighted by molar-refractivity contribution is 5.05. The van der Waals surface area contributed by atoms with Crippen LogP contribution >= 0.6 is 0 Å². The Bertz CT molecular complexity index is 406. The Hall–Kier alpha value is -0.830. The Kier molecular flexibility index (Phi) is 4.34. The van der Waals surface area contributed by atoms with E-state index in [2.05, 4.69) is 57.0 Å². The fourth-order valence-corrected chi connectivity index (χ4v) is 3.54. The standard InChI is InChI=1S/C16H29N3/c1-12(2)19-10-8-13(18-19)11-15(17-5)14-7-6-9-16(14,3)4/h8,10,12,14-15,17H,6-7,9,11H2,1-5H3. The molecule has 0 bridgehead atoms. The maximum absolute atomic E-state index is 4.69. The monoisotopic (exact) mass is 263 g/mol. The molecular weight excluding hydrogens is 234 g/mol. The van der Waals surface area contributed by atoms with Crippen LogP contribution in [0.3, 0.4) is 0 Å². The zero-order chi connectivity index (χ0) is 14.0. The lowest BCUT2D eigenvalue weighted by Crippen LogP contribution is -2.40. The molecule has 0 saturated heterocycles. The summed E-state index contributed by atoms with van der Waals surface area (Å²) in [5.74, 6) is 0.765. The van der Waals surface area contributed by atoms with Gasteiger partial charge in [-0.2, -0.15) is 5.10 Å². The van der Waals surface area contributed by atoms with E-state index in [-0.39, 0.29) is 0 Å². The number of likely N-dealkylation sites (N-methyl/N-ethyl adjacent to an activating group) is 1. The quantitative estimate of drug-likeness (QED) is 0.882.